The van der Waals surface area contributed by atoms with Crippen LogP contribution in [0, 0.1) is 5.82 Å². The van der Waals surface area contributed by atoms with E-state index in [2.05, 4.69) is 0 Å². The fraction of sp³-hybridized carbons (Fsp3) is 0.500. The monoisotopic (exact) mass is 242 g/mol. The van der Waals surface area contributed by atoms with Gasteiger partial charge in [0, 0.05) is 5.50 Å². The van der Waals surface area contributed by atoms with E-state index < -0.39 is 8.07 Å². The molecule has 0 spiro atoms. The normalized spacial score (nSPS) is 20.1. The van der Waals surface area contributed by atoms with Crippen molar-refractivity contribution >= 4 is 24.9 Å². The smallest absolute Gasteiger partial charge is 0.123 e. The number of alkyl halides is 1. The van der Waals surface area contributed by atoms with Gasteiger partial charge in [0.15, 0.2) is 0 Å². The largest absolute Gasteiger partial charge is 0.207 e. The molecule has 3 heteroatoms. The zero-order valence-corrected chi connectivity index (χ0v) is 10.6. The Bertz CT molecular complexity index is 317. The first-order valence-corrected chi connectivity index (χ1v) is 8.74. The molecule has 0 radical (unpaired) electrons. The summed E-state index contributed by atoms with van der Waals surface area (Å²) in [5.41, 5.74) is 0.790. The molecule has 1 aromatic rings. The Hall–Kier alpha value is -0.343. The topological polar surface area (TPSA) is 0 Å². The lowest BCUT2D eigenvalue weighted by molar-refractivity contribution is 0.628. The first-order chi connectivity index (χ1) is 7.27. The fourth-order valence-electron chi connectivity index (χ4n) is 2.53. The summed E-state index contributed by atoms with van der Waals surface area (Å²) in [6.45, 7) is 0. The van der Waals surface area contributed by atoms with Gasteiger partial charge in [-0.15, -0.1) is 11.6 Å². The number of benzene rings is 1. The molecule has 0 aromatic heterocycles. The van der Waals surface area contributed by atoms with E-state index in [1.165, 1.54) is 36.5 Å². The van der Waals surface area contributed by atoms with Gasteiger partial charge in [-0.2, -0.15) is 0 Å². The van der Waals surface area contributed by atoms with Crippen LogP contribution in [0.2, 0.25) is 12.1 Å². The summed E-state index contributed by atoms with van der Waals surface area (Å²) < 4.78 is 12.9. The first kappa shape index (κ1) is 11.2. The van der Waals surface area contributed by atoms with E-state index in [0.717, 1.165) is 5.50 Å². The molecule has 0 saturated carbocycles. The molecule has 82 valence electrons. The van der Waals surface area contributed by atoms with Crippen LogP contribution in [0.4, 0.5) is 4.39 Å². The van der Waals surface area contributed by atoms with Crippen LogP contribution in [-0.2, 0) is 0 Å². The van der Waals surface area contributed by atoms with Crippen molar-refractivity contribution in [3.05, 3.63) is 30.1 Å². The van der Waals surface area contributed by atoms with Crippen LogP contribution in [0.1, 0.15) is 19.3 Å². The molecule has 1 saturated heterocycles. The van der Waals surface area contributed by atoms with Crippen molar-refractivity contribution in [2.75, 3.05) is 5.50 Å². The second-order valence-electron chi connectivity index (χ2n) is 4.48. The minimum atomic E-state index is -1.46. The lowest BCUT2D eigenvalue weighted by atomic mass is 10.3. The van der Waals surface area contributed by atoms with E-state index in [1.807, 2.05) is 12.1 Å². The summed E-state index contributed by atoms with van der Waals surface area (Å²) in [5.74, 6) is -0.145. The number of halogens is 2. The molecule has 0 aliphatic carbocycles. The maximum absolute atomic E-state index is 12.9. The van der Waals surface area contributed by atoms with Crippen molar-refractivity contribution in [2.24, 2.45) is 0 Å². The summed E-state index contributed by atoms with van der Waals surface area (Å²) >= 11 is 6.18. The molecule has 15 heavy (non-hydrogen) atoms. The van der Waals surface area contributed by atoms with E-state index in [1.54, 1.807) is 12.1 Å². The van der Waals surface area contributed by atoms with Gasteiger partial charge in [-0.1, -0.05) is 48.7 Å². The third kappa shape index (κ3) is 2.26. The van der Waals surface area contributed by atoms with E-state index in [0.29, 0.717) is 0 Å². The quantitative estimate of drug-likeness (QED) is 0.551. The minimum absolute atomic E-state index is 0.145. The van der Waals surface area contributed by atoms with Gasteiger partial charge < -0.3 is 0 Å². The third-order valence-corrected chi connectivity index (χ3v) is 9.75. The number of hydrogen-bond donors (Lipinski definition) is 0. The fourth-order valence-corrected chi connectivity index (χ4v) is 7.77. The Morgan fingerprint density at radius 2 is 1.67 bits per heavy atom. The molecule has 0 bridgehead atoms. The standard InChI is InChI=1S/C12H16ClFSi/c13-10-15(8-2-1-3-9-15)12-6-4-11(14)5-7-12/h4-7H,1-3,8-10H2. The summed E-state index contributed by atoms with van der Waals surface area (Å²) in [6, 6.07) is 9.62. The molecular formula is C12H16ClFSi. The average molecular weight is 243 g/mol. The van der Waals surface area contributed by atoms with Crippen LogP contribution in [0.3, 0.4) is 0 Å². The van der Waals surface area contributed by atoms with Crippen LogP contribution < -0.4 is 5.19 Å². The molecular weight excluding hydrogens is 227 g/mol. The van der Waals surface area contributed by atoms with E-state index in [4.69, 9.17) is 11.6 Å². The molecule has 1 fully saturated rings. The molecule has 0 atom stereocenters. The van der Waals surface area contributed by atoms with Crippen molar-refractivity contribution in [2.45, 2.75) is 31.4 Å². The van der Waals surface area contributed by atoms with E-state index in [9.17, 15) is 4.39 Å². The van der Waals surface area contributed by atoms with Gasteiger partial charge in [0.05, 0.1) is 0 Å². The molecule has 0 amide bonds. The second-order valence-corrected chi connectivity index (χ2v) is 9.69. The van der Waals surface area contributed by atoms with Crippen LogP contribution in [0.25, 0.3) is 0 Å². The molecule has 1 aliphatic heterocycles. The van der Waals surface area contributed by atoms with Crippen molar-refractivity contribution in [1.29, 1.82) is 0 Å². The Morgan fingerprint density at radius 3 is 2.20 bits per heavy atom. The van der Waals surface area contributed by atoms with Crippen LogP contribution in [0.5, 0.6) is 0 Å². The number of hydrogen-bond acceptors (Lipinski definition) is 0. The zero-order valence-electron chi connectivity index (χ0n) is 8.81. The SMILES string of the molecule is Fc1ccc([Si]2(CCl)CCCCC2)cc1. The Kier molecular flexibility index (Phi) is 3.47. The lowest BCUT2D eigenvalue weighted by Crippen LogP contribution is -2.51. The Balaban J connectivity index is 2.28. The van der Waals surface area contributed by atoms with Crippen molar-refractivity contribution in [3.63, 3.8) is 0 Å². The third-order valence-electron chi connectivity index (χ3n) is 3.52. The van der Waals surface area contributed by atoms with Crippen LogP contribution >= 0.6 is 11.6 Å². The van der Waals surface area contributed by atoms with Crippen molar-refractivity contribution < 1.29 is 4.39 Å². The summed E-state index contributed by atoms with van der Waals surface area (Å²) in [5, 5.41) is 1.35. The minimum Gasteiger partial charge on any atom is -0.207 e. The van der Waals surface area contributed by atoms with Gasteiger partial charge in [-0.25, -0.2) is 4.39 Å². The van der Waals surface area contributed by atoms with E-state index in [-0.39, 0.29) is 5.82 Å². The summed E-state index contributed by atoms with van der Waals surface area (Å²) in [4.78, 5) is 0. The number of rotatable bonds is 2. The highest BCUT2D eigenvalue weighted by atomic mass is 35.5. The van der Waals surface area contributed by atoms with Crippen molar-refractivity contribution in [1.82, 2.24) is 0 Å². The lowest BCUT2D eigenvalue weighted by Gasteiger charge is -2.33. The molecule has 1 aliphatic rings. The van der Waals surface area contributed by atoms with Gasteiger partial charge in [-0.05, 0) is 12.1 Å². The highest BCUT2D eigenvalue weighted by Crippen LogP contribution is 2.29. The highest BCUT2D eigenvalue weighted by Gasteiger charge is 2.35. The maximum atomic E-state index is 12.9. The van der Waals surface area contributed by atoms with Gasteiger partial charge in [0.2, 0.25) is 0 Å². The maximum Gasteiger partial charge on any atom is 0.123 e. The van der Waals surface area contributed by atoms with Gasteiger partial charge in [-0.3, -0.25) is 0 Å². The van der Waals surface area contributed by atoms with Gasteiger partial charge in [0.1, 0.15) is 13.9 Å². The van der Waals surface area contributed by atoms with Crippen LogP contribution in [-0.4, -0.2) is 13.6 Å². The second kappa shape index (κ2) is 4.66. The molecule has 0 N–H and O–H groups in total. The Morgan fingerprint density at radius 1 is 1.07 bits per heavy atom. The summed E-state index contributed by atoms with van der Waals surface area (Å²) in [6.07, 6.45) is 3.94. The van der Waals surface area contributed by atoms with Crippen molar-refractivity contribution in [3.8, 4) is 0 Å². The average Bonchev–Trinajstić information content (AvgIpc) is 2.31. The Labute approximate surface area is 96.5 Å². The summed E-state index contributed by atoms with van der Waals surface area (Å²) in [7, 11) is -1.46. The van der Waals surface area contributed by atoms with Gasteiger partial charge >= 0.3 is 0 Å². The molecule has 0 nitrogen and oxygen atoms in total. The molecule has 1 heterocycles. The van der Waals surface area contributed by atoms with E-state index >= 15 is 0 Å². The van der Waals surface area contributed by atoms with Gasteiger partial charge in [0.25, 0.3) is 0 Å². The molecule has 2 rings (SSSR count). The van der Waals surface area contributed by atoms with Crippen LogP contribution in [0.15, 0.2) is 24.3 Å². The predicted octanol–water partition coefficient (Wildman–Crippen LogP) is 3.44. The molecule has 0 unspecified atom stereocenters. The highest BCUT2D eigenvalue weighted by molar-refractivity contribution is 6.96. The molecule has 1 aromatic carbocycles. The first-order valence-electron chi connectivity index (χ1n) is 5.59. The zero-order chi connectivity index (χ0) is 10.7. The predicted molar refractivity (Wildman–Crippen MR) is 66.0 cm³/mol.